The first-order valence-corrected chi connectivity index (χ1v) is 8.24. The topological polar surface area (TPSA) is 66.4 Å². The number of amides is 1. The lowest BCUT2D eigenvalue weighted by atomic mass is 9.89. The number of nitrogens with one attached hydrogen (secondary N) is 1. The summed E-state index contributed by atoms with van der Waals surface area (Å²) in [5.74, 6) is -0.222. The first-order valence-electron chi connectivity index (χ1n) is 7.43. The highest BCUT2D eigenvalue weighted by atomic mass is 32.1. The summed E-state index contributed by atoms with van der Waals surface area (Å²) in [6.07, 6.45) is 3.75. The van der Waals surface area contributed by atoms with Crippen molar-refractivity contribution >= 4 is 23.2 Å². The van der Waals surface area contributed by atoms with Crippen molar-refractivity contribution in [3.05, 3.63) is 21.4 Å². The molecule has 1 aliphatic rings. The van der Waals surface area contributed by atoms with Gasteiger partial charge in [0.15, 0.2) is 0 Å². The van der Waals surface area contributed by atoms with Crippen LogP contribution in [-0.2, 0) is 17.6 Å². The Hall–Kier alpha value is -1.36. The number of rotatable bonds is 5. The van der Waals surface area contributed by atoms with Gasteiger partial charge in [-0.15, -0.1) is 11.3 Å². The van der Waals surface area contributed by atoms with E-state index in [0.29, 0.717) is 18.9 Å². The van der Waals surface area contributed by atoms with Crippen LogP contribution in [0.3, 0.4) is 0 Å². The van der Waals surface area contributed by atoms with Gasteiger partial charge in [-0.2, -0.15) is 0 Å². The zero-order valence-electron chi connectivity index (χ0n) is 12.9. The number of carbonyl (C=O) groups excluding carboxylic acids is 1. The van der Waals surface area contributed by atoms with E-state index < -0.39 is 11.4 Å². The summed E-state index contributed by atoms with van der Waals surface area (Å²) in [6, 6.07) is 2.01. The van der Waals surface area contributed by atoms with E-state index in [1.54, 1.807) is 25.2 Å². The van der Waals surface area contributed by atoms with E-state index in [4.69, 9.17) is 5.11 Å². The first-order chi connectivity index (χ1) is 9.79. The van der Waals surface area contributed by atoms with Crippen molar-refractivity contribution in [2.75, 3.05) is 6.54 Å². The monoisotopic (exact) mass is 309 g/mol. The van der Waals surface area contributed by atoms with Gasteiger partial charge in [-0.25, -0.2) is 0 Å². The number of hydrogen-bond acceptors (Lipinski definition) is 3. The standard InChI is InChI=1S/C16H23NO3S/c1-10-4-5-12-11(8-10)9-13(21-12)14(18)17-7-6-16(2,3)15(19)20/h9-10H,4-8H2,1-3H3,(H,17,18)(H,19,20). The zero-order chi connectivity index (χ0) is 15.6. The maximum Gasteiger partial charge on any atom is 0.309 e. The van der Waals surface area contributed by atoms with E-state index in [-0.39, 0.29) is 5.91 Å². The molecule has 0 fully saturated rings. The summed E-state index contributed by atoms with van der Waals surface area (Å²) in [6.45, 7) is 5.98. The highest BCUT2D eigenvalue weighted by Crippen LogP contribution is 2.32. The minimum atomic E-state index is -0.836. The van der Waals surface area contributed by atoms with Crippen LogP contribution < -0.4 is 5.32 Å². The van der Waals surface area contributed by atoms with Crippen LogP contribution in [0.5, 0.6) is 0 Å². The molecule has 0 spiro atoms. The van der Waals surface area contributed by atoms with Gasteiger partial charge in [-0.1, -0.05) is 6.92 Å². The van der Waals surface area contributed by atoms with Gasteiger partial charge < -0.3 is 10.4 Å². The third kappa shape index (κ3) is 3.84. The van der Waals surface area contributed by atoms with Crippen molar-refractivity contribution < 1.29 is 14.7 Å². The lowest BCUT2D eigenvalue weighted by Crippen LogP contribution is -2.31. The molecule has 0 saturated carbocycles. The molecular formula is C16H23NO3S. The number of carbonyl (C=O) groups is 2. The molecule has 2 rings (SSSR count). The van der Waals surface area contributed by atoms with Gasteiger partial charge in [0.25, 0.3) is 5.91 Å². The molecule has 0 bridgehead atoms. The number of hydrogen-bond donors (Lipinski definition) is 2. The third-order valence-corrected chi connectivity index (χ3v) is 5.40. The van der Waals surface area contributed by atoms with Gasteiger partial charge in [0.05, 0.1) is 10.3 Å². The normalized spacial score (nSPS) is 18.1. The molecule has 0 radical (unpaired) electrons. The number of aryl methyl sites for hydroxylation is 1. The van der Waals surface area contributed by atoms with Crippen LogP contribution in [0.4, 0.5) is 0 Å². The van der Waals surface area contributed by atoms with E-state index in [1.807, 2.05) is 6.07 Å². The molecule has 1 atom stereocenters. The van der Waals surface area contributed by atoms with E-state index in [0.717, 1.165) is 17.7 Å². The van der Waals surface area contributed by atoms with Gasteiger partial charge >= 0.3 is 5.97 Å². The lowest BCUT2D eigenvalue weighted by molar-refractivity contribution is -0.147. The summed E-state index contributed by atoms with van der Waals surface area (Å²) < 4.78 is 0. The van der Waals surface area contributed by atoms with Crippen LogP contribution in [0.1, 0.15) is 53.7 Å². The molecule has 0 saturated heterocycles. The minimum absolute atomic E-state index is 0.0803. The fourth-order valence-electron chi connectivity index (χ4n) is 2.50. The maximum atomic E-state index is 12.2. The van der Waals surface area contributed by atoms with Crippen molar-refractivity contribution in [3.8, 4) is 0 Å². The fourth-order valence-corrected chi connectivity index (χ4v) is 3.63. The molecule has 0 aliphatic heterocycles. The summed E-state index contributed by atoms with van der Waals surface area (Å²) in [5, 5.41) is 11.9. The Labute approximate surface area is 129 Å². The average molecular weight is 309 g/mol. The summed E-state index contributed by atoms with van der Waals surface area (Å²) in [4.78, 5) is 25.3. The van der Waals surface area contributed by atoms with E-state index in [9.17, 15) is 9.59 Å². The molecular weight excluding hydrogens is 286 g/mol. The lowest BCUT2D eigenvalue weighted by Gasteiger charge is -2.18. The van der Waals surface area contributed by atoms with E-state index in [1.165, 1.54) is 16.9 Å². The van der Waals surface area contributed by atoms with Crippen LogP contribution in [0, 0.1) is 11.3 Å². The van der Waals surface area contributed by atoms with Crippen LogP contribution in [0.15, 0.2) is 6.07 Å². The van der Waals surface area contributed by atoms with Crippen molar-refractivity contribution in [3.63, 3.8) is 0 Å². The fraction of sp³-hybridized carbons (Fsp3) is 0.625. The molecule has 1 aromatic heterocycles. The Bertz CT molecular complexity index is 548. The predicted octanol–water partition coefficient (Wildman–Crippen LogP) is 3.10. The smallest absolute Gasteiger partial charge is 0.309 e. The van der Waals surface area contributed by atoms with Gasteiger partial charge in [-0.05, 0) is 57.1 Å². The number of fused-ring (bicyclic) bond motifs is 1. The zero-order valence-corrected chi connectivity index (χ0v) is 13.7. The van der Waals surface area contributed by atoms with Gasteiger partial charge in [-0.3, -0.25) is 9.59 Å². The molecule has 21 heavy (non-hydrogen) atoms. The van der Waals surface area contributed by atoms with Crippen LogP contribution >= 0.6 is 11.3 Å². The molecule has 1 aromatic rings. The third-order valence-electron chi connectivity index (χ3n) is 4.17. The van der Waals surface area contributed by atoms with Gasteiger partial charge in [0.2, 0.25) is 0 Å². The van der Waals surface area contributed by atoms with Gasteiger partial charge in [0.1, 0.15) is 0 Å². The maximum absolute atomic E-state index is 12.2. The minimum Gasteiger partial charge on any atom is -0.481 e. The quantitative estimate of drug-likeness (QED) is 0.878. The van der Waals surface area contributed by atoms with Crippen molar-refractivity contribution in [2.45, 2.75) is 46.5 Å². The average Bonchev–Trinajstić information content (AvgIpc) is 2.81. The summed E-state index contributed by atoms with van der Waals surface area (Å²) >= 11 is 1.58. The summed E-state index contributed by atoms with van der Waals surface area (Å²) in [5.41, 5.74) is 0.506. The van der Waals surface area contributed by atoms with Crippen LogP contribution in [-0.4, -0.2) is 23.5 Å². The SMILES string of the molecule is CC1CCc2sc(C(=O)NCCC(C)(C)C(=O)O)cc2C1. The molecule has 2 N–H and O–H groups in total. The Morgan fingerprint density at radius 1 is 1.48 bits per heavy atom. The molecule has 5 heteroatoms. The molecule has 1 heterocycles. The summed E-state index contributed by atoms with van der Waals surface area (Å²) in [7, 11) is 0. The number of carboxylic acids is 1. The Morgan fingerprint density at radius 3 is 2.86 bits per heavy atom. The molecule has 1 aliphatic carbocycles. The second-order valence-corrected chi connectivity index (χ2v) is 7.74. The Balaban J connectivity index is 1.91. The molecule has 116 valence electrons. The number of thiophene rings is 1. The second kappa shape index (κ2) is 6.18. The Morgan fingerprint density at radius 2 is 2.19 bits per heavy atom. The first kappa shape index (κ1) is 16.0. The van der Waals surface area contributed by atoms with E-state index in [2.05, 4.69) is 12.2 Å². The van der Waals surface area contributed by atoms with Gasteiger partial charge in [0, 0.05) is 11.4 Å². The second-order valence-electron chi connectivity index (χ2n) is 6.60. The van der Waals surface area contributed by atoms with Crippen molar-refractivity contribution in [1.82, 2.24) is 5.32 Å². The highest BCUT2D eigenvalue weighted by Gasteiger charge is 2.27. The highest BCUT2D eigenvalue weighted by molar-refractivity contribution is 7.14. The molecule has 4 nitrogen and oxygen atoms in total. The molecule has 0 aromatic carbocycles. The number of carboxylic acid groups (broad SMARTS) is 1. The van der Waals surface area contributed by atoms with Crippen LogP contribution in [0.2, 0.25) is 0 Å². The van der Waals surface area contributed by atoms with E-state index >= 15 is 0 Å². The molecule has 1 unspecified atom stereocenters. The van der Waals surface area contributed by atoms with Crippen molar-refractivity contribution in [1.29, 1.82) is 0 Å². The van der Waals surface area contributed by atoms with Crippen molar-refractivity contribution in [2.24, 2.45) is 11.3 Å². The Kier molecular flexibility index (Phi) is 4.71. The molecule has 1 amide bonds. The predicted molar refractivity (Wildman–Crippen MR) is 83.9 cm³/mol. The largest absolute Gasteiger partial charge is 0.481 e. The van der Waals surface area contributed by atoms with Crippen LogP contribution in [0.25, 0.3) is 0 Å². The number of aliphatic carboxylic acids is 1.